The second-order valence-corrected chi connectivity index (χ2v) is 5.05. The SMILES string of the molecule is CC(C)C(C)c1nc2c(CN)cccc2n1C. The number of hydrogen-bond acceptors (Lipinski definition) is 2. The van der Waals surface area contributed by atoms with Crippen LogP contribution in [0.3, 0.4) is 0 Å². The van der Waals surface area contributed by atoms with Crippen LogP contribution in [0, 0.1) is 5.92 Å². The van der Waals surface area contributed by atoms with Gasteiger partial charge in [0.05, 0.1) is 11.0 Å². The van der Waals surface area contributed by atoms with Gasteiger partial charge >= 0.3 is 0 Å². The van der Waals surface area contributed by atoms with Gasteiger partial charge in [0.15, 0.2) is 0 Å². The van der Waals surface area contributed by atoms with Crippen molar-refractivity contribution in [2.24, 2.45) is 18.7 Å². The second kappa shape index (κ2) is 4.49. The van der Waals surface area contributed by atoms with Crippen LogP contribution in [0.1, 0.15) is 38.1 Å². The van der Waals surface area contributed by atoms with Crippen molar-refractivity contribution in [3.63, 3.8) is 0 Å². The summed E-state index contributed by atoms with van der Waals surface area (Å²) in [6.07, 6.45) is 0. The first-order chi connectivity index (χ1) is 8.06. The van der Waals surface area contributed by atoms with Gasteiger partial charge in [-0.15, -0.1) is 0 Å². The first-order valence-corrected chi connectivity index (χ1v) is 6.20. The molecule has 0 bridgehead atoms. The van der Waals surface area contributed by atoms with E-state index in [2.05, 4.69) is 50.6 Å². The Labute approximate surface area is 103 Å². The van der Waals surface area contributed by atoms with Crippen molar-refractivity contribution >= 4 is 11.0 Å². The average Bonchev–Trinajstić information content (AvgIpc) is 2.66. The van der Waals surface area contributed by atoms with Crippen molar-refractivity contribution in [3.05, 3.63) is 29.6 Å². The number of benzene rings is 1. The standard InChI is InChI=1S/C14H21N3/c1-9(2)10(3)14-16-13-11(8-15)6-5-7-12(13)17(14)4/h5-7,9-10H,8,15H2,1-4H3. The number of aryl methyl sites for hydroxylation is 1. The van der Waals surface area contributed by atoms with Crippen molar-refractivity contribution in [1.82, 2.24) is 9.55 Å². The molecule has 0 aliphatic heterocycles. The van der Waals surface area contributed by atoms with Crippen molar-refractivity contribution in [3.8, 4) is 0 Å². The van der Waals surface area contributed by atoms with Gasteiger partial charge in [-0.3, -0.25) is 0 Å². The van der Waals surface area contributed by atoms with E-state index < -0.39 is 0 Å². The van der Waals surface area contributed by atoms with Crippen LogP contribution in [-0.4, -0.2) is 9.55 Å². The lowest BCUT2D eigenvalue weighted by atomic mass is 9.97. The summed E-state index contributed by atoms with van der Waals surface area (Å²) >= 11 is 0. The molecule has 17 heavy (non-hydrogen) atoms. The maximum Gasteiger partial charge on any atom is 0.112 e. The Balaban J connectivity index is 2.64. The highest BCUT2D eigenvalue weighted by molar-refractivity contribution is 5.79. The smallest absolute Gasteiger partial charge is 0.112 e. The number of nitrogens with zero attached hydrogens (tertiary/aromatic N) is 2. The Hall–Kier alpha value is -1.35. The van der Waals surface area contributed by atoms with Crippen LogP contribution >= 0.6 is 0 Å². The number of hydrogen-bond donors (Lipinski definition) is 1. The van der Waals surface area contributed by atoms with E-state index in [1.807, 2.05) is 0 Å². The Morgan fingerprint density at radius 1 is 1.29 bits per heavy atom. The van der Waals surface area contributed by atoms with Gasteiger partial charge in [0, 0.05) is 19.5 Å². The summed E-state index contributed by atoms with van der Waals surface area (Å²) in [6, 6.07) is 6.22. The van der Waals surface area contributed by atoms with Gasteiger partial charge in [-0.1, -0.05) is 32.9 Å². The summed E-state index contributed by atoms with van der Waals surface area (Å²) in [4.78, 5) is 4.79. The number of aromatic nitrogens is 2. The van der Waals surface area contributed by atoms with Gasteiger partial charge in [-0.2, -0.15) is 0 Å². The van der Waals surface area contributed by atoms with Crippen molar-refractivity contribution in [1.29, 1.82) is 0 Å². The molecule has 2 rings (SSSR count). The predicted octanol–water partition coefficient (Wildman–Crippen LogP) is 2.79. The van der Waals surface area contributed by atoms with Gasteiger partial charge in [0.25, 0.3) is 0 Å². The van der Waals surface area contributed by atoms with E-state index in [0.29, 0.717) is 18.4 Å². The fraction of sp³-hybridized carbons (Fsp3) is 0.500. The Kier molecular flexibility index (Phi) is 3.20. The third kappa shape index (κ3) is 1.95. The zero-order valence-electron chi connectivity index (χ0n) is 11.1. The molecule has 3 nitrogen and oxygen atoms in total. The molecule has 0 saturated carbocycles. The van der Waals surface area contributed by atoms with Crippen LogP contribution in [0.4, 0.5) is 0 Å². The summed E-state index contributed by atoms with van der Waals surface area (Å²) in [5, 5.41) is 0. The number of nitrogens with two attached hydrogens (primary N) is 1. The lowest BCUT2D eigenvalue weighted by Crippen LogP contribution is -2.08. The summed E-state index contributed by atoms with van der Waals surface area (Å²) in [5.74, 6) is 2.20. The van der Waals surface area contributed by atoms with Crippen LogP contribution in [-0.2, 0) is 13.6 Å². The molecule has 2 N–H and O–H groups in total. The molecule has 1 atom stereocenters. The highest BCUT2D eigenvalue weighted by atomic mass is 15.1. The summed E-state index contributed by atoms with van der Waals surface area (Å²) in [5.41, 5.74) is 9.12. The monoisotopic (exact) mass is 231 g/mol. The topological polar surface area (TPSA) is 43.8 Å². The minimum atomic E-state index is 0.457. The molecule has 3 heteroatoms. The summed E-state index contributed by atoms with van der Waals surface area (Å²) < 4.78 is 2.19. The molecular formula is C14H21N3. The second-order valence-electron chi connectivity index (χ2n) is 5.05. The summed E-state index contributed by atoms with van der Waals surface area (Å²) in [7, 11) is 2.09. The predicted molar refractivity (Wildman–Crippen MR) is 71.9 cm³/mol. The van der Waals surface area contributed by atoms with Gasteiger partial charge in [-0.05, 0) is 17.5 Å². The third-order valence-corrected chi connectivity index (χ3v) is 3.66. The largest absolute Gasteiger partial charge is 0.331 e. The first-order valence-electron chi connectivity index (χ1n) is 6.20. The number of para-hydroxylation sites is 1. The van der Waals surface area contributed by atoms with E-state index in [0.717, 1.165) is 16.9 Å². The van der Waals surface area contributed by atoms with E-state index in [1.54, 1.807) is 0 Å². The normalized spacial score (nSPS) is 13.5. The lowest BCUT2D eigenvalue weighted by Gasteiger charge is -2.14. The van der Waals surface area contributed by atoms with E-state index in [9.17, 15) is 0 Å². The highest BCUT2D eigenvalue weighted by Crippen LogP contribution is 2.27. The molecule has 1 aromatic carbocycles. The minimum Gasteiger partial charge on any atom is -0.331 e. The number of fused-ring (bicyclic) bond motifs is 1. The fourth-order valence-electron chi connectivity index (χ4n) is 2.16. The number of rotatable bonds is 3. The van der Waals surface area contributed by atoms with E-state index in [1.165, 1.54) is 5.52 Å². The van der Waals surface area contributed by atoms with Crippen LogP contribution < -0.4 is 5.73 Å². The fourth-order valence-corrected chi connectivity index (χ4v) is 2.16. The Morgan fingerprint density at radius 2 is 2.00 bits per heavy atom. The van der Waals surface area contributed by atoms with Gasteiger partial charge in [-0.25, -0.2) is 4.98 Å². The van der Waals surface area contributed by atoms with Crippen LogP contribution in [0.2, 0.25) is 0 Å². The zero-order valence-corrected chi connectivity index (χ0v) is 11.1. The van der Waals surface area contributed by atoms with Crippen LogP contribution in [0.5, 0.6) is 0 Å². The third-order valence-electron chi connectivity index (χ3n) is 3.66. The maximum absolute atomic E-state index is 5.76. The van der Waals surface area contributed by atoms with Gasteiger partial charge in [0.2, 0.25) is 0 Å². The van der Waals surface area contributed by atoms with Crippen LogP contribution in [0.15, 0.2) is 18.2 Å². The molecule has 2 aromatic rings. The average molecular weight is 231 g/mol. The van der Waals surface area contributed by atoms with E-state index in [-0.39, 0.29) is 0 Å². The minimum absolute atomic E-state index is 0.457. The first kappa shape index (κ1) is 12.1. The molecule has 0 fully saturated rings. The molecule has 0 radical (unpaired) electrons. The molecule has 1 unspecified atom stereocenters. The highest BCUT2D eigenvalue weighted by Gasteiger charge is 2.18. The van der Waals surface area contributed by atoms with Gasteiger partial charge < -0.3 is 10.3 Å². The Morgan fingerprint density at radius 3 is 2.59 bits per heavy atom. The molecular weight excluding hydrogens is 210 g/mol. The maximum atomic E-state index is 5.76. The van der Waals surface area contributed by atoms with Gasteiger partial charge in [0.1, 0.15) is 5.82 Å². The number of imidazole rings is 1. The molecule has 0 spiro atoms. The van der Waals surface area contributed by atoms with Crippen molar-refractivity contribution in [2.75, 3.05) is 0 Å². The molecule has 0 aliphatic rings. The Bertz CT molecular complexity index is 525. The van der Waals surface area contributed by atoms with Crippen LogP contribution in [0.25, 0.3) is 11.0 Å². The van der Waals surface area contributed by atoms with Crippen molar-refractivity contribution in [2.45, 2.75) is 33.2 Å². The molecule has 1 heterocycles. The molecule has 1 aromatic heterocycles. The lowest BCUT2D eigenvalue weighted by molar-refractivity contribution is 0.499. The molecule has 92 valence electrons. The zero-order chi connectivity index (χ0) is 12.6. The van der Waals surface area contributed by atoms with E-state index >= 15 is 0 Å². The van der Waals surface area contributed by atoms with Crippen molar-refractivity contribution < 1.29 is 0 Å². The quantitative estimate of drug-likeness (QED) is 0.882. The molecule has 0 saturated heterocycles. The summed E-state index contributed by atoms with van der Waals surface area (Å²) in [6.45, 7) is 7.24. The van der Waals surface area contributed by atoms with E-state index in [4.69, 9.17) is 10.7 Å². The molecule has 0 amide bonds. The molecule has 0 aliphatic carbocycles.